The van der Waals surface area contributed by atoms with E-state index in [0.717, 1.165) is 6.07 Å². The summed E-state index contributed by atoms with van der Waals surface area (Å²) in [7, 11) is 0. The molecule has 7 heteroatoms. The van der Waals surface area contributed by atoms with Gasteiger partial charge in [-0.25, -0.2) is 8.78 Å². The molecule has 22 heavy (non-hydrogen) atoms. The number of hydrogen-bond acceptors (Lipinski definition) is 4. The molecular weight excluding hydrogens is 292 g/mol. The summed E-state index contributed by atoms with van der Waals surface area (Å²) in [4.78, 5) is 11.9. The van der Waals surface area contributed by atoms with Crippen molar-refractivity contribution >= 4 is 5.91 Å². The SMILES string of the molecule is CC(C)c1nnc(C(C)NC(=O)Cc2cccc(F)c2F)o1. The highest BCUT2D eigenvalue weighted by atomic mass is 19.2. The fraction of sp³-hybridized carbons (Fsp3) is 0.400. The Morgan fingerprint density at radius 1 is 1.23 bits per heavy atom. The molecule has 2 aromatic rings. The van der Waals surface area contributed by atoms with Gasteiger partial charge in [0.15, 0.2) is 11.6 Å². The van der Waals surface area contributed by atoms with Crippen molar-refractivity contribution in [2.45, 2.75) is 39.2 Å². The minimum Gasteiger partial charge on any atom is -0.423 e. The second kappa shape index (κ2) is 6.64. The van der Waals surface area contributed by atoms with Gasteiger partial charge in [0.1, 0.15) is 6.04 Å². The number of aromatic nitrogens is 2. The quantitative estimate of drug-likeness (QED) is 0.922. The van der Waals surface area contributed by atoms with Crippen LogP contribution < -0.4 is 5.32 Å². The van der Waals surface area contributed by atoms with Gasteiger partial charge in [0.05, 0.1) is 6.42 Å². The second-order valence-corrected chi connectivity index (χ2v) is 5.31. The molecule has 1 unspecified atom stereocenters. The van der Waals surface area contributed by atoms with Crippen molar-refractivity contribution < 1.29 is 18.0 Å². The molecule has 0 spiro atoms. The van der Waals surface area contributed by atoms with Gasteiger partial charge in [-0.3, -0.25) is 4.79 Å². The van der Waals surface area contributed by atoms with E-state index >= 15 is 0 Å². The topological polar surface area (TPSA) is 68.0 Å². The van der Waals surface area contributed by atoms with Crippen molar-refractivity contribution in [1.82, 2.24) is 15.5 Å². The van der Waals surface area contributed by atoms with Gasteiger partial charge in [-0.05, 0) is 13.0 Å². The highest BCUT2D eigenvalue weighted by Gasteiger charge is 2.19. The van der Waals surface area contributed by atoms with Crippen molar-refractivity contribution in [3.05, 3.63) is 47.2 Å². The fourth-order valence-corrected chi connectivity index (χ4v) is 1.87. The number of halogens is 2. The van der Waals surface area contributed by atoms with Gasteiger partial charge in [-0.2, -0.15) is 0 Å². The summed E-state index contributed by atoms with van der Waals surface area (Å²) < 4.78 is 32.0. The van der Waals surface area contributed by atoms with Gasteiger partial charge in [0, 0.05) is 11.5 Å². The number of rotatable bonds is 5. The lowest BCUT2D eigenvalue weighted by Gasteiger charge is -2.10. The van der Waals surface area contributed by atoms with Crippen LogP contribution in [-0.2, 0) is 11.2 Å². The van der Waals surface area contributed by atoms with E-state index in [4.69, 9.17) is 4.42 Å². The van der Waals surface area contributed by atoms with Crippen molar-refractivity contribution in [2.24, 2.45) is 0 Å². The smallest absolute Gasteiger partial charge is 0.238 e. The minimum absolute atomic E-state index is 0.00176. The first kappa shape index (κ1) is 16.1. The highest BCUT2D eigenvalue weighted by molar-refractivity contribution is 5.78. The van der Waals surface area contributed by atoms with E-state index in [-0.39, 0.29) is 23.8 Å². The predicted molar refractivity (Wildman–Crippen MR) is 75.0 cm³/mol. The monoisotopic (exact) mass is 309 g/mol. The van der Waals surface area contributed by atoms with E-state index in [9.17, 15) is 13.6 Å². The minimum atomic E-state index is -1.01. The molecular formula is C15H17F2N3O2. The summed E-state index contributed by atoms with van der Waals surface area (Å²) in [5.41, 5.74) is -0.00176. The van der Waals surface area contributed by atoms with Crippen LogP contribution in [0.3, 0.4) is 0 Å². The molecule has 1 aromatic carbocycles. The van der Waals surface area contributed by atoms with Gasteiger partial charge in [0.2, 0.25) is 17.7 Å². The molecule has 1 amide bonds. The predicted octanol–water partition coefficient (Wildman–Crippen LogP) is 2.89. The van der Waals surface area contributed by atoms with Crippen molar-refractivity contribution in [3.63, 3.8) is 0 Å². The van der Waals surface area contributed by atoms with Crippen LogP contribution in [0, 0.1) is 11.6 Å². The third kappa shape index (κ3) is 3.66. The Labute approximate surface area is 126 Å². The third-order valence-electron chi connectivity index (χ3n) is 3.08. The van der Waals surface area contributed by atoms with Crippen LogP contribution in [0.15, 0.2) is 22.6 Å². The van der Waals surface area contributed by atoms with Crippen LogP contribution in [-0.4, -0.2) is 16.1 Å². The van der Waals surface area contributed by atoms with Gasteiger partial charge in [0.25, 0.3) is 0 Å². The van der Waals surface area contributed by atoms with Gasteiger partial charge in [-0.15, -0.1) is 10.2 Å². The van der Waals surface area contributed by atoms with Gasteiger partial charge >= 0.3 is 0 Å². The lowest BCUT2D eigenvalue weighted by Crippen LogP contribution is -2.28. The second-order valence-electron chi connectivity index (χ2n) is 5.31. The average molecular weight is 309 g/mol. The number of amides is 1. The summed E-state index contributed by atoms with van der Waals surface area (Å²) in [6.45, 7) is 5.50. The van der Waals surface area contributed by atoms with E-state index in [1.54, 1.807) is 6.92 Å². The number of carbonyl (C=O) groups excluding carboxylic acids is 1. The molecule has 1 atom stereocenters. The third-order valence-corrected chi connectivity index (χ3v) is 3.08. The van der Waals surface area contributed by atoms with E-state index < -0.39 is 23.6 Å². The first-order valence-corrected chi connectivity index (χ1v) is 6.94. The molecule has 0 aliphatic heterocycles. The lowest BCUT2D eigenvalue weighted by molar-refractivity contribution is -0.121. The molecule has 0 bridgehead atoms. The Kier molecular flexibility index (Phi) is 4.85. The molecule has 0 radical (unpaired) electrons. The largest absolute Gasteiger partial charge is 0.423 e. The molecule has 0 saturated heterocycles. The maximum atomic E-state index is 13.5. The number of nitrogens with one attached hydrogen (secondary N) is 1. The van der Waals surface area contributed by atoms with Crippen LogP contribution in [0.4, 0.5) is 8.78 Å². The molecule has 0 aliphatic rings. The summed E-state index contributed by atoms with van der Waals surface area (Å²) in [6.07, 6.45) is -0.265. The highest BCUT2D eigenvalue weighted by Crippen LogP contribution is 2.17. The molecule has 118 valence electrons. The Morgan fingerprint density at radius 3 is 2.55 bits per heavy atom. The zero-order chi connectivity index (χ0) is 16.3. The van der Waals surface area contributed by atoms with Crippen LogP contribution in [0.5, 0.6) is 0 Å². The molecule has 1 aromatic heterocycles. The number of carbonyl (C=O) groups is 1. The number of benzene rings is 1. The molecule has 2 rings (SSSR count). The van der Waals surface area contributed by atoms with E-state index in [0.29, 0.717) is 5.89 Å². The van der Waals surface area contributed by atoms with Crippen molar-refractivity contribution in [3.8, 4) is 0 Å². The Morgan fingerprint density at radius 2 is 1.91 bits per heavy atom. The van der Waals surface area contributed by atoms with Crippen LogP contribution in [0.1, 0.15) is 50.1 Å². The standard InChI is InChI=1S/C15H17F2N3O2/c1-8(2)14-19-20-15(22-14)9(3)18-12(21)7-10-5-4-6-11(16)13(10)17/h4-6,8-9H,7H2,1-3H3,(H,18,21). The van der Waals surface area contributed by atoms with Crippen molar-refractivity contribution in [1.29, 1.82) is 0 Å². The molecule has 5 nitrogen and oxygen atoms in total. The summed E-state index contributed by atoms with van der Waals surface area (Å²) in [5.74, 6) is -1.60. The molecule has 0 saturated carbocycles. The van der Waals surface area contributed by atoms with Crippen LogP contribution in [0.2, 0.25) is 0 Å². The van der Waals surface area contributed by atoms with E-state index in [1.807, 2.05) is 13.8 Å². The zero-order valence-electron chi connectivity index (χ0n) is 12.6. The first-order chi connectivity index (χ1) is 10.4. The molecule has 1 N–H and O–H groups in total. The fourth-order valence-electron chi connectivity index (χ4n) is 1.87. The number of hydrogen-bond donors (Lipinski definition) is 1. The summed E-state index contributed by atoms with van der Waals surface area (Å²) in [5, 5.41) is 10.4. The average Bonchev–Trinajstić information content (AvgIpc) is 2.94. The van der Waals surface area contributed by atoms with Gasteiger partial charge in [-0.1, -0.05) is 26.0 Å². The zero-order valence-corrected chi connectivity index (χ0v) is 12.6. The van der Waals surface area contributed by atoms with Gasteiger partial charge < -0.3 is 9.73 Å². The molecule has 0 aliphatic carbocycles. The maximum absolute atomic E-state index is 13.5. The Hall–Kier alpha value is -2.31. The number of nitrogens with zero attached hydrogens (tertiary/aromatic N) is 2. The summed E-state index contributed by atoms with van der Waals surface area (Å²) >= 11 is 0. The van der Waals surface area contributed by atoms with E-state index in [2.05, 4.69) is 15.5 Å². The lowest BCUT2D eigenvalue weighted by atomic mass is 10.1. The maximum Gasteiger partial charge on any atom is 0.238 e. The summed E-state index contributed by atoms with van der Waals surface area (Å²) in [6, 6.07) is 3.22. The molecule has 1 heterocycles. The Bertz CT molecular complexity index is 671. The Balaban J connectivity index is 2.00. The van der Waals surface area contributed by atoms with E-state index in [1.165, 1.54) is 12.1 Å². The first-order valence-electron chi connectivity index (χ1n) is 6.94. The van der Waals surface area contributed by atoms with Crippen molar-refractivity contribution in [2.75, 3.05) is 0 Å². The normalized spacial score (nSPS) is 12.5. The van der Waals surface area contributed by atoms with Crippen LogP contribution >= 0.6 is 0 Å². The molecule has 0 fully saturated rings. The van der Waals surface area contributed by atoms with Crippen LogP contribution in [0.25, 0.3) is 0 Å².